The van der Waals surface area contributed by atoms with Crippen LogP contribution in [0.4, 0.5) is 13.2 Å². The number of carbonyl (C=O) groups excluding carboxylic acids is 1. The van der Waals surface area contributed by atoms with Crippen molar-refractivity contribution in [3.8, 4) is 0 Å². The fraction of sp³-hybridized carbons (Fsp3) is 0.370. The smallest absolute Gasteiger partial charge is 0.394 e. The van der Waals surface area contributed by atoms with Gasteiger partial charge in [-0.15, -0.1) is 13.2 Å². The summed E-state index contributed by atoms with van der Waals surface area (Å²) in [4.78, 5) is 15.4. The van der Waals surface area contributed by atoms with Crippen molar-refractivity contribution in [2.45, 2.75) is 38.1 Å². The molecular formula is C27H26Br2F3N3O2. The summed E-state index contributed by atoms with van der Waals surface area (Å²) in [5, 5.41) is 13.6. The zero-order chi connectivity index (χ0) is 26.6. The van der Waals surface area contributed by atoms with E-state index in [-0.39, 0.29) is 24.1 Å². The lowest BCUT2D eigenvalue weighted by atomic mass is 9.79. The van der Waals surface area contributed by atoms with Crippen LogP contribution in [0.25, 0.3) is 16.5 Å². The molecule has 10 heteroatoms. The standard InChI is InChI=1S/C27H26Br2F3N3O2/c1-14-21(28)7-15(8-22(14)29)6-18(13-36)33-26(37)17-9-20-19-4-3-5-23-25(19)16(10-24(20)34(2)11-17)12-35(23)27(30,31)32/h3-5,7-9,12,17-18,24,36H,6,10-11,13H2,1-2H3,(H,33,37)/t17-,18?,24-/m1/s1. The predicted octanol–water partition coefficient (Wildman–Crippen LogP) is 5.54. The van der Waals surface area contributed by atoms with E-state index < -0.39 is 18.3 Å². The molecule has 0 saturated carbocycles. The fourth-order valence-corrected chi connectivity index (χ4v) is 6.78. The van der Waals surface area contributed by atoms with Gasteiger partial charge in [0.1, 0.15) is 0 Å². The van der Waals surface area contributed by atoms with Crippen LogP contribution in [-0.2, 0) is 23.9 Å². The lowest BCUT2D eigenvalue weighted by Crippen LogP contribution is -2.49. The maximum atomic E-state index is 13.7. The Labute approximate surface area is 229 Å². The topological polar surface area (TPSA) is 57.5 Å². The second-order valence-corrected chi connectivity index (χ2v) is 11.6. The second kappa shape index (κ2) is 9.87. The van der Waals surface area contributed by atoms with Gasteiger partial charge in [-0.25, -0.2) is 0 Å². The van der Waals surface area contributed by atoms with E-state index in [4.69, 9.17) is 0 Å². The molecular weight excluding hydrogens is 615 g/mol. The Morgan fingerprint density at radius 3 is 2.59 bits per heavy atom. The molecule has 0 fully saturated rings. The highest BCUT2D eigenvalue weighted by atomic mass is 79.9. The Hall–Kier alpha value is -2.14. The number of aliphatic hydroxyl groups is 1. The minimum absolute atomic E-state index is 0.109. The average molecular weight is 641 g/mol. The number of aromatic nitrogens is 1. The molecule has 0 spiro atoms. The van der Waals surface area contributed by atoms with Gasteiger partial charge in [0.05, 0.1) is 24.1 Å². The molecule has 1 amide bonds. The van der Waals surface area contributed by atoms with E-state index in [1.807, 2.05) is 43.1 Å². The number of halogens is 5. The molecule has 3 aromatic rings. The molecule has 2 heterocycles. The van der Waals surface area contributed by atoms with Crippen LogP contribution in [-0.4, -0.2) is 52.8 Å². The molecule has 2 N–H and O–H groups in total. The van der Waals surface area contributed by atoms with E-state index >= 15 is 0 Å². The third-order valence-electron chi connectivity index (χ3n) is 7.39. The maximum absolute atomic E-state index is 13.7. The first-order valence-corrected chi connectivity index (χ1v) is 13.5. The summed E-state index contributed by atoms with van der Waals surface area (Å²) in [5.41, 5.74) is 4.43. The molecule has 5 rings (SSSR count). The van der Waals surface area contributed by atoms with Crippen LogP contribution >= 0.6 is 31.9 Å². The van der Waals surface area contributed by atoms with E-state index in [1.165, 1.54) is 12.3 Å². The number of hydrogen-bond donors (Lipinski definition) is 2. The van der Waals surface area contributed by atoms with E-state index in [0.29, 0.717) is 34.9 Å². The molecule has 0 saturated heterocycles. The summed E-state index contributed by atoms with van der Waals surface area (Å²) in [6.45, 7) is 2.20. The highest BCUT2D eigenvalue weighted by Gasteiger charge is 2.39. The number of fused-ring (bicyclic) bond motifs is 2. The van der Waals surface area contributed by atoms with Crippen molar-refractivity contribution in [2.75, 3.05) is 20.2 Å². The Morgan fingerprint density at radius 1 is 1.24 bits per heavy atom. The van der Waals surface area contributed by atoms with E-state index in [2.05, 4.69) is 37.2 Å². The lowest BCUT2D eigenvalue weighted by molar-refractivity contribution is -0.200. The highest BCUT2D eigenvalue weighted by Crippen LogP contribution is 2.43. The van der Waals surface area contributed by atoms with Gasteiger partial charge in [-0.2, -0.15) is 0 Å². The van der Waals surface area contributed by atoms with Crippen LogP contribution in [0.5, 0.6) is 0 Å². The molecule has 1 aromatic heterocycles. The van der Waals surface area contributed by atoms with Crippen LogP contribution in [0, 0.1) is 12.8 Å². The molecule has 3 atom stereocenters. The van der Waals surface area contributed by atoms with Gasteiger partial charge in [0, 0.05) is 33.1 Å². The van der Waals surface area contributed by atoms with Crippen molar-refractivity contribution in [3.63, 3.8) is 0 Å². The zero-order valence-electron chi connectivity index (χ0n) is 20.2. The largest absolute Gasteiger partial charge is 0.488 e. The van der Waals surface area contributed by atoms with Crippen molar-refractivity contribution in [1.29, 1.82) is 0 Å². The summed E-state index contributed by atoms with van der Waals surface area (Å²) >= 11 is 7.08. The molecule has 1 aliphatic heterocycles. The Morgan fingerprint density at radius 2 is 1.95 bits per heavy atom. The van der Waals surface area contributed by atoms with E-state index in [0.717, 1.165) is 31.2 Å². The van der Waals surface area contributed by atoms with Gasteiger partial charge in [0.2, 0.25) is 5.91 Å². The molecule has 5 nitrogen and oxygen atoms in total. The molecule has 1 aliphatic carbocycles. The second-order valence-electron chi connectivity index (χ2n) is 9.86. The van der Waals surface area contributed by atoms with Gasteiger partial charge >= 0.3 is 6.30 Å². The summed E-state index contributed by atoms with van der Waals surface area (Å²) in [6, 6.07) is 8.33. The minimum Gasteiger partial charge on any atom is -0.394 e. The van der Waals surface area contributed by atoms with Crippen LogP contribution in [0.1, 0.15) is 22.3 Å². The third-order valence-corrected chi connectivity index (χ3v) is 9.04. The molecule has 2 aliphatic rings. The summed E-state index contributed by atoms with van der Waals surface area (Å²) in [7, 11) is 1.90. The number of nitrogens with zero attached hydrogens (tertiary/aromatic N) is 2. The quantitative estimate of drug-likeness (QED) is 0.385. The zero-order valence-corrected chi connectivity index (χ0v) is 23.4. The average Bonchev–Trinajstić information content (AvgIpc) is 3.23. The summed E-state index contributed by atoms with van der Waals surface area (Å²) in [6.07, 6.45) is -0.505. The van der Waals surface area contributed by atoms with Crippen molar-refractivity contribution >= 4 is 54.2 Å². The number of hydrogen-bond acceptors (Lipinski definition) is 3. The molecule has 37 heavy (non-hydrogen) atoms. The first-order valence-electron chi connectivity index (χ1n) is 12.0. The summed E-state index contributed by atoms with van der Waals surface area (Å²) < 4.78 is 43.3. The number of likely N-dealkylation sites (N-methyl/N-ethyl adjacent to an activating group) is 1. The monoisotopic (exact) mass is 639 g/mol. The van der Waals surface area contributed by atoms with E-state index in [1.54, 1.807) is 6.07 Å². The van der Waals surface area contributed by atoms with Gasteiger partial charge < -0.3 is 10.4 Å². The van der Waals surface area contributed by atoms with Crippen LogP contribution < -0.4 is 5.32 Å². The number of carbonyl (C=O) groups is 1. The number of alkyl halides is 3. The van der Waals surface area contributed by atoms with Crippen molar-refractivity contribution in [1.82, 2.24) is 14.8 Å². The van der Waals surface area contributed by atoms with Gasteiger partial charge in [0.25, 0.3) is 0 Å². The molecule has 1 unspecified atom stereocenters. The SMILES string of the molecule is Cc1c(Br)cc(CC(CO)NC(=O)[C@@H]2C=C3c4cccc5c4c(cn5C(F)(F)F)C[C@H]3N(C)C2)cc1Br. The molecule has 2 aromatic carbocycles. The van der Waals surface area contributed by atoms with Crippen LogP contribution in [0.2, 0.25) is 0 Å². The number of amides is 1. The third kappa shape index (κ3) is 4.89. The van der Waals surface area contributed by atoms with Gasteiger partial charge in [0.15, 0.2) is 0 Å². The number of benzene rings is 2. The number of nitrogens with one attached hydrogen (secondary N) is 1. The van der Waals surface area contributed by atoms with Gasteiger partial charge in [-0.1, -0.05) is 50.1 Å². The summed E-state index contributed by atoms with van der Waals surface area (Å²) in [5.74, 6) is -0.712. The molecule has 0 radical (unpaired) electrons. The fourth-order valence-electron chi connectivity index (χ4n) is 5.50. The molecule has 196 valence electrons. The maximum Gasteiger partial charge on any atom is 0.488 e. The Kier molecular flexibility index (Phi) is 7.06. The Balaban J connectivity index is 1.42. The van der Waals surface area contributed by atoms with Crippen LogP contribution in [0.15, 0.2) is 51.6 Å². The normalized spacial score (nSPS) is 20.5. The van der Waals surface area contributed by atoms with Crippen molar-refractivity contribution in [2.24, 2.45) is 5.92 Å². The van der Waals surface area contributed by atoms with Gasteiger partial charge in [-0.3, -0.25) is 14.3 Å². The van der Waals surface area contributed by atoms with E-state index in [9.17, 15) is 23.1 Å². The van der Waals surface area contributed by atoms with Crippen molar-refractivity contribution < 1.29 is 23.1 Å². The lowest BCUT2D eigenvalue weighted by Gasteiger charge is -2.39. The predicted molar refractivity (Wildman–Crippen MR) is 144 cm³/mol. The number of aliphatic hydroxyl groups excluding tert-OH is 1. The van der Waals surface area contributed by atoms with Crippen LogP contribution in [0.3, 0.4) is 0 Å². The van der Waals surface area contributed by atoms with Gasteiger partial charge in [-0.05, 0) is 72.8 Å². The minimum atomic E-state index is -4.50. The van der Waals surface area contributed by atoms with Crippen molar-refractivity contribution in [3.05, 3.63) is 73.8 Å². The first-order chi connectivity index (χ1) is 17.5. The highest BCUT2D eigenvalue weighted by molar-refractivity contribution is 9.11. The first kappa shape index (κ1) is 26.5. The Bertz CT molecular complexity index is 1390. The number of rotatable bonds is 5. The molecule has 0 bridgehead atoms.